The molecule has 3 aromatic rings. The van der Waals surface area contributed by atoms with Crippen LogP contribution in [-0.2, 0) is 6.54 Å². The van der Waals surface area contributed by atoms with E-state index in [1.807, 2.05) is 49.7 Å². The number of rotatable bonds is 6. The molecule has 1 aliphatic heterocycles. The fourth-order valence-electron chi connectivity index (χ4n) is 4.56. The van der Waals surface area contributed by atoms with E-state index in [2.05, 4.69) is 40.8 Å². The van der Waals surface area contributed by atoms with Crippen molar-refractivity contribution in [3.63, 3.8) is 0 Å². The molecular weight excluding hydrogens is 398 g/mol. The van der Waals surface area contributed by atoms with Crippen LogP contribution in [0.4, 0.5) is 5.95 Å². The molecule has 32 heavy (non-hydrogen) atoms. The standard InChI is InChI=1S/C26H33N5O/c1-18-15-24(32-5)19(2)14-21(18)17-31-13-7-6-8-23(31)25-22(20-9-11-27-12-10-20)16-28-26(29-25)30(3)4/h9-12,14-16,23H,6-8,13,17H2,1-5H3/t23-/m1/s1. The van der Waals surface area contributed by atoms with Gasteiger partial charge >= 0.3 is 0 Å². The number of benzene rings is 1. The maximum absolute atomic E-state index is 5.52. The van der Waals surface area contributed by atoms with Gasteiger partial charge in [0.05, 0.1) is 18.8 Å². The molecule has 1 fully saturated rings. The Kier molecular flexibility index (Phi) is 6.70. The topological polar surface area (TPSA) is 54.4 Å². The van der Waals surface area contributed by atoms with E-state index < -0.39 is 0 Å². The van der Waals surface area contributed by atoms with Gasteiger partial charge in [-0.3, -0.25) is 9.88 Å². The first-order valence-corrected chi connectivity index (χ1v) is 11.3. The largest absolute Gasteiger partial charge is 0.496 e. The summed E-state index contributed by atoms with van der Waals surface area (Å²) < 4.78 is 5.52. The molecule has 4 rings (SSSR count). The second-order valence-corrected chi connectivity index (χ2v) is 8.83. The summed E-state index contributed by atoms with van der Waals surface area (Å²) in [6.45, 7) is 6.25. The normalized spacial score (nSPS) is 16.7. The van der Waals surface area contributed by atoms with Crippen molar-refractivity contribution in [3.8, 4) is 16.9 Å². The molecule has 1 aromatic carbocycles. The van der Waals surface area contributed by atoms with Gasteiger partial charge in [-0.05, 0) is 73.7 Å². The third kappa shape index (κ3) is 4.60. The number of aromatic nitrogens is 3. The Hall–Kier alpha value is -2.99. The van der Waals surface area contributed by atoms with E-state index in [1.54, 1.807) is 7.11 Å². The average molecular weight is 432 g/mol. The number of methoxy groups -OCH3 is 1. The lowest BCUT2D eigenvalue weighted by molar-refractivity contribution is 0.137. The van der Waals surface area contributed by atoms with Gasteiger partial charge in [0, 0.05) is 44.8 Å². The molecule has 1 saturated heterocycles. The van der Waals surface area contributed by atoms with Gasteiger partial charge in [0.15, 0.2) is 0 Å². The van der Waals surface area contributed by atoms with E-state index in [0.717, 1.165) is 48.0 Å². The molecule has 0 spiro atoms. The number of aryl methyl sites for hydroxylation is 2. The molecule has 0 unspecified atom stereocenters. The highest BCUT2D eigenvalue weighted by Crippen LogP contribution is 2.37. The molecule has 0 N–H and O–H groups in total. The first-order chi connectivity index (χ1) is 15.5. The van der Waals surface area contributed by atoms with Gasteiger partial charge in [-0.1, -0.05) is 12.5 Å². The number of likely N-dealkylation sites (tertiary alicyclic amines) is 1. The van der Waals surface area contributed by atoms with Crippen molar-refractivity contribution in [2.75, 3.05) is 32.6 Å². The van der Waals surface area contributed by atoms with Crippen molar-refractivity contribution in [1.29, 1.82) is 0 Å². The summed E-state index contributed by atoms with van der Waals surface area (Å²) in [5, 5.41) is 0. The minimum absolute atomic E-state index is 0.246. The summed E-state index contributed by atoms with van der Waals surface area (Å²) in [4.78, 5) is 18.4. The van der Waals surface area contributed by atoms with Crippen LogP contribution in [0.25, 0.3) is 11.1 Å². The van der Waals surface area contributed by atoms with E-state index in [4.69, 9.17) is 9.72 Å². The summed E-state index contributed by atoms with van der Waals surface area (Å²) in [6, 6.07) is 8.76. The number of hydrogen-bond donors (Lipinski definition) is 0. The van der Waals surface area contributed by atoms with Crippen molar-refractivity contribution >= 4 is 5.95 Å². The Balaban J connectivity index is 1.74. The zero-order valence-corrected chi connectivity index (χ0v) is 19.8. The van der Waals surface area contributed by atoms with Crippen molar-refractivity contribution in [1.82, 2.24) is 19.9 Å². The quantitative estimate of drug-likeness (QED) is 0.550. The lowest BCUT2D eigenvalue weighted by Crippen LogP contribution is -2.34. The van der Waals surface area contributed by atoms with Gasteiger partial charge in [0.25, 0.3) is 0 Å². The van der Waals surface area contributed by atoms with Crippen LogP contribution >= 0.6 is 0 Å². The van der Waals surface area contributed by atoms with Gasteiger partial charge in [-0.2, -0.15) is 0 Å². The van der Waals surface area contributed by atoms with Crippen molar-refractivity contribution in [2.45, 2.75) is 45.7 Å². The van der Waals surface area contributed by atoms with Crippen molar-refractivity contribution in [2.24, 2.45) is 0 Å². The number of pyridine rings is 1. The van der Waals surface area contributed by atoms with Crippen LogP contribution in [0.5, 0.6) is 5.75 Å². The average Bonchev–Trinajstić information content (AvgIpc) is 2.81. The predicted octanol–water partition coefficient (Wildman–Crippen LogP) is 4.96. The van der Waals surface area contributed by atoms with Crippen LogP contribution in [0.3, 0.4) is 0 Å². The minimum atomic E-state index is 0.246. The number of hydrogen-bond acceptors (Lipinski definition) is 6. The summed E-state index contributed by atoms with van der Waals surface area (Å²) >= 11 is 0. The van der Waals surface area contributed by atoms with E-state index >= 15 is 0 Å². The zero-order valence-electron chi connectivity index (χ0n) is 19.8. The Morgan fingerprint density at radius 3 is 2.59 bits per heavy atom. The molecule has 2 aromatic heterocycles. The van der Waals surface area contributed by atoms with E-state index in [0.29, 0.717) is 0 Å². The fourth-order valence-corrected chi connectivity index (χ4v) is 4.56. The Morgan fingerprint density at radius 2 is 1.88 bits per heavy atom. The summed E-state index contributed by atoms with van der Waals surface area (Å²) in [5.74, 6) is 1.70. The Morgan fingerprint density at radius 1 is 1.09 bits per heavy atom. The number of anilines is 1. The molecule has 1 aliphatic rings. The maximum Gasteiger partial charge on any atom is 0.225 e. The zero-order chi connectivity index (χ0) is 22.7. The second-order valence-electron chi connectivity index (χ2n) is 8.83. The number of piperidine rings is 1. The van der Waals surface area contributed by atoms with Crippen LogP contribution in [-0.4, -0.2) is 47.6 Å². The molecule has 168 valence electrons. The summed E-state index contributed by atoms with van der Waals surface area (Å²) in [5.41, 5.74) is 7.11. The van der Waals surface area contributed by atoms with Crippen molar-refractivity contribution in [3.05, 3.63) is 65.2 Å². The molecule has 0 bridgehead atoms. The predicted molar refractivity (Wildman–Crippen MR) is 129 cm³/mol. The third-order valence-corrected chi connectivity index (χ3v) is 6.35. The summed E-state index contributed by atoms with van der Waals surface area (Å²) in [7, 11) is 5.72. The van der Waals surface area contributed by atoms with E-state index in [-0.39, 0.29) is 6.04 Å². The molecule has 6 heteroatoms. The molecular formula is C26H33N5O. The Labute approximate surface area is 191 Å². The molecule has 6 nitrogen and oxygen atoms in total. The minimum Gasteiger partial charge on any atom is -0.496 e. The highest BCUT2D eigenvalue weighted by molar-refractivity contribution is 5.66. The van der Waals surface area contributed by atoms with Gasteiger partial charge in [-0.25, -0.2) is 9.97 Å². The van der Waals surface area contributed by atoms with Crippen LogP contribution < -0.4 is 9.64 Å². The van der Waals surface area contributed by atoms with E-state index in [9.17, 15) is 0 Å². The lowest BCUT2D eigenvalue weighted by atomic mass is 9.93. The fraction of sp³-hybridized carbons (Fsp3) is 0.423. The van der Waals surface area contributed by atoms with Crippen LogP contribution in [0.1, 0.15) is 47.7 Å². The van der Waals surface area contributed by atoms with Gasteiger partial charge in [0.2, 0.25) is 5.95 Å². The Bertz CT molecular complexity index is 1070. The van der Waals surface area contributed by atoms with Gasteiger partial charge in [0.1, 0.15) is 5.75 Å². The highest BCUT2D eigenvalue weighted by Gasteiger charge is 2.29. The maximum atomic E-state index is 5.52. The molecule has 0 radical (unpaired) electrons. The SMILES string of the molecule is COc1cc(C)c(CN2CCCC[C@@H]2c2nc(N(C)C)ncc2-c2ccncc2)cc1C. The summed E-state index contributed by atoms with van der Waals surface area (Å²) in [6.07, 6.45) is 9.15. The first-order valence-electron chi connectivity index (χ1n) is 11.3. The van der Waals surface area contributed by atoms with Crippen molar-refractivity contribution < 1.29 is 4.74 Å². The highest BCUT2D eigenvalue weighted by atomic mass is 16.5. The molecule has 3 heterocycles. The number of nitrogens with zero attached hydrogens (tertiary/aromatic N) is 5. The van der Waals surface area contributed by atoms with Gasteiger partial charge < -0.3 is 9.64 Å². The number of ether oxygens (including phenoxy) is 1. The molecule has 0 aliphatic carbocycles. The van der Waals surface area contributed by atoms with Crippen LogP contribution in [0.2, 0.25) is 0 Å². The second kappa shape index (κ2) is 9.65. The van der Waals surface area contributed by atoms with E-state index in [1.165, 1.54) is 29.5 Å². The van der Waals surface area contributed by atoms with Gasteiger partial charge in [-0.15, -0.1) is 0 Å². The molecule has 1 atom stereocenters. The van der Waals surface area contributed by atoms with Crippen LogP contribution in [0, 0.1) is 13.8 Å². The lowest BCUT2D eigenvalue weighted by Gasteiger charge is -2.37. The molecule has 0 amide bonds. The smallest absolute Gasteiger partial charge is 0.225 e. The monoisotopic (exact) mass is 431 g/mol. The third-order valence-electron chi connectivity index (χ3n) is 6.35. The van der Waals surface area contributed by atoms with Crippen LogP contribution in [0.15, 0.2) is 42.9 Å². The molecule has 0 saturated carbocycles. The first kappa shape index (κ1) is 22.2.